The number of hydrogen-bond acceptors (Lipinski definition) is 5. The molecule has 33 heavy (non-hydrogen) atoms. The first-order chi connectivity index (χ1) is 16.1. The van der Waals surface area contributed by atoms with Crippen molar-refractivity contribution in [1.82, 2.24) is 9.88 Å². The van der Waals surface area contributed by atoms with Gasteiger partial charge in [-0.2, -0.15) is 5.26 Å². The standard InChI is InChI=1S/C28H28N4S/c1-19-6-9-26(20(2)12-19)31-28-23(15-29)16-30-27-14-21(7-8-25(27)28)22-13-24(33-18-22)17-32-10-4-3-5-11-32/h6-9,12-14,16,18H,3-5,10-11,17H2,1-2H3,(H,30,31). The summed E-state index contributed by atoms with van der Waals surface area (Å²) in [6, 6.07) is 17.3. The number of aryl methyl sites for hydroxylation is 2. The topological polar surface area (TPSA) is 52.0 Å². The normalized spacial score (nSPS) is 14.3. The number of anilines is 2. The Morgan fingerprint density at radius 2 is 1.88 bits per heavy atom. The van der Waals surface area contributed by atoms with Gasteiger partial charge in [0.05, 0.1) is 16.8 Å². The van der Waals surface area contributed by atoms with Crippen molar-refractivity contribution in [1.29, 1.82) is 5.26 Å². The molecule has 5 heteroatoms. The lowest BCUT2D eigenvalue weighted by Crippen LogP contribution is -2.28. The summed E-state index contributed by atoms with van der Waals surface area (Å²) in [5.74, 6) is 0. The first-order valence-electron chi connectivity index (χ1n) is 11.6. The van der Waals surface area contributed by atoms with Crippen molar-refractivity contribution in [3.63, 3.8) is 0 Å². The predicted molar refractivity (Wildman–Crippen MR) is 138 cm³/mol. The van der Waals surface area contributed by atoms with Gasteiger partial charge in [0.1, 0.15) is 6.07 Å². The molecule has 166 valence electrons. The molecule has 0 radical (unpaired) electrons. The second-order valence-electron chi connectivity index (χ2n) is 8.97. The van der Waals surface area contributed by atoms with Crippen LogP contribution in [0.1, 0.15) is 40.8 Å². The van der Waals surface area contributed by atoms with Crippen LogP contribution in [-0.4, -0.2) is 23.0 Å². The van der Waals surface area contributed by atoms with Gasteiger partial charge >= 0.3 is 0 Å². The van der Waals surface area contributed by atoms with Gasteiger partial charge in [-0.25, -0.2) is 0 Å². The van der Waals surface area contributed by atoms with Crippen molar-refractivity contribution in [2.45, 2.75) is 39.7 Å². The maximum atomic E-state index is 9.71. The molecule has 0 unspecified atom stereocenters. The molecule has 0 amide bonds. The van der Waals surface area contributed by atoms with Gasteiger partial charge in [-0.05, 0) is 80.0 Å². The average Bonchev–Trinajstić information content (AvgIpc) is 3.29. The number of fused-ring (bicyclic) bond motifs is 1. The van der Waals surface area contributed by atoms with Gasteiger partial charge in [0.2, 0.25) is 0 Å². The van der Waals surface area contributed by atoms with Crippen LogP contribution < -0.4 is 5.32 Å². The lowest BCUT2D eigenvalue weighted by Gasteiger charge is -2.25. The summed E-state index contributed by atoms with van der Waals surface area (Å²) in [6.07, 6.45) is 5.67. The Morgan fingerprint density at radius 3 is 2.67 bits per heavy atom. The number of hydrogen-bond donors (Lipinski definition) is 1. The fraction of sp³-hybridized carbons (Fsp3) is 0.286. The van der Waals surface area contributed by atoms with Crippen LogP contribution in [0.2, 0.25) is 0 Å². The van der Waals surface area contributed by atoms with Crippen molar-refractivity contribution in [3.05, 3.63) is 75.6 Å². The third-order valence-corrected chi connectivity index (χ3v) is 7.37. The molecule has 1 aliphatic heterocycles. The first kappa shape index (κ1) is 21.6. The lowest BCUT2D eigenvalue weighted by molar-refractivity contribution is 0.222. The molecule has 1 N–H and O–H groups in total. The van der Waals surface area contributed by atoms with Crippen LogP contribution >= 0.6 is 11.3 Å². The maximum absolute atomic E-state index is 9.71. The number of nitriles is 1. The molecule has 2 aromatic carbocycles. The molecule has 1 saturated heterocycles. The minimum Gasteiger partial charge on any atom is -0.354 e. The number of likely N-dealkylation sites (tertiary alicyclic amines) is 1. The largest absolute Gasteiger partial charge is 0.354 e. The Kier molecular flexibility index (Phi) is 6.13. The number of aromatic nitrogens is 1. The van der Waals surface area contributed by atoms with E-state index in [1.54, 1.807) is 6.20 Å². The van der Waals surface area contributed by atoms with Gasteiger partial charge in [-0.15, -0.1) is 11.3 Å². The Labute approximate surface area is 199 Å². The molecule has 1 aliphatic rings. The summed E-state index contributed by atoms with van der Waals surface area (Å²) < 4.78 is 0. The number of thiophene rings is 1. The zero-order valence-electron chi connectivity index (χ0n) is 19.2. The van der Waals surface area contributed by atoms with Gasteiger partial charge in [0, 0.05) is 28.7 Å². The fourth-order valence-corrected chi connectivity index (χ4v) is 5.57. The Morgan fingerprint density at radius 1 is 1.03 bits per heavy atom. The van der Waals surface area contributed by atoms with Gasteiger partial charge in [-0.3, -0.25) is 9.88 Å². The quantitative estimate of drug-likeness (QED) is 0.348. The number of piperidine rings is 1. The highest BCUT2D eigenvalue weighted by Gasteiger charge is 2.14. The van der Waals surface area contributed by atoms with Gasteiger partial charge in [0.25, 0.3) is 0 Å². The van der Waals surface area contributed by atoms with Crippen LogP contribution in [0.25, 0.3) is 22.0 Å². The molecular weight excluding hydrogens is 424 g/mol. The monoisotopic (exact) mass is 452 g/mol. The van der Waals surface area contributed by atoms with Gasteiger partial charge in [0.15, 0.2) is 0 Å². The number of rotatable bonds is 5. The molecule has 2 aromatic heterocycles. The van der Waals surface area contributed by atoms with E-state index in [9.17, 15) is 5.26 Å². The van der Waals surface area contributed by atoms with E-state index < -0.39 is 0 Å². The molecule has 1 fully saturated rings. The second-order valence-corrected chi connectivity index (χ2v) is 9.97. The van der Waals surface area contributed by atoms with Crippen LogP contribution in [0.5, 0.6) is 0 Å². The minimum atomic E-state index is 0.551. The van der Waals surface area contributed by atoms with Crippen molar-refractivity contribution >= 4 is 33.6 Å². The van der Waals surface area contributed by atoms with Gasteiger partial charge in [-0.1, -0.05) is 36.2 Å². The summed E-state index contributed by atoms with van der Waals surface area (Å²) in [6.45, 7) is 7.64. The van der Waals surface area contributed by atoms with Crippen molar-refractivity contribution < 1.29 is 0 Å². The summed E-state index contributed by atoms with van der Waals surface area (Å²) >= 11 is 1.84. The van der Waals surface area contributed by atoms with Crippen molar-refractivity contribution in [2.75, 3.05) is 18.4 Å². The molecule has 4 aromatic rings. The number of nitrogens with one attached hydrogen (secondary N) is 1. The summed E-state index contributed by atoms with van der Waals surface area (Å²) in [5.41, 5.74) is 8.04. The van der Waals surface area contributed by atoms with Crippen molar-refractivity contribution in [2.24, 2.45) is 0 Å². The van der Waals surface area contributed by atoms with Crippen LogP contribution in [0.4, 0.5) is 11.4 Å². The number of pyridine rings is 1. The zero-order valence-corrected chi connectivity index (χ0v) is 20.0. The highest BCUT2D eigenvalue weighted by Crippen LogP contribution is 2.34. The Bertz CT molecular complexity index is 1340. The van der Waals surface area contributed by atoms with E-state index in [0.29, 0.717) is 5.56 Å². The molecule has 0 spiro atoms. The van der Waals surface area contributed by atoms with E-state index in [-0.39, 0.29) is 0 Å². The molecule has 5 rings (SSSR count). The summed E-state index contributed by atoms with van der Waals surface area (Å²) in [5, 5.41) is 16.4. The van der Waals surface area contributed by atoms with E-state index in [1.807, 2.05) is 11.3 Å². The van der Waals surface area contributed by atoms with Crippen molar-refractivity contribution in [3.8, 4) is 17.2 Å². The minimum absolute atomic E-state index is 0.551. The zero-order chi connectivity index (χ0) is 22.8. The van der Waals surface area contributed by atoms with Crippen LogP contribution in [-0.2, 0) is 6.54 Å². The number of benzene rings is 2. The van der Waals surface area contributed by atoms with Crippen LogP contribution in [0, 0.1) is 25.2 Å². The third kappa shape index (κ3) is 4.64. The maximum Gasteiger partial charge on any atom is 0.103 e. The average molecular weight is 453 g/mol. The Hall–Kier alpha value is -3.20. The van der Waals surface area contributed by atoms with Crippen LogP contribution in [0.3, 0.4) is 0 Å². The van der Waals surface area contributed by atoms with E-state index in [4.69, 9.17) is 0 Å². The summed E-state index contributed by atoms with van der Waals surface area (Å²) in [7, 11) is 0. The predicted octanol–water partition coefficient (Wildman–Crippen LogP) is 7.18. The molecule has 0 aliphatic carbocycles. The van der Waals surface area contributed by atoms with E-state index >= 15 is 0 Å². The fourth-order valence-electron chi connectivity index (χ4n) is 4.63. The SMILES string of the molecule is Cc1ccc(Nc2c(C#N)cnc3cc(-c4csc(CN5CCCCC5)c4)ccc23)c(C)c1. The molecule has 0 bridgehead atoms. The molecule has 4 nitrogen and oxygen atoms in total. The molecule has 0 saturated carbocycles. The summed E-state index contributed by atoms with van der Waals surface area (Å²) in [4.78, 5) is 8.59. The van der Waals surface area contributed by atoms with Gasteiger partial charge < -0.3 is 5.32 Å². The highest BCUT2D eigenvalue weighted by molar-refractivity contribution is 7.10. The molecular formula is C28H28N4S. The first-order valence-corrected chi connectivity index (χ1v) is 12.5. The highest BCUT2D eigenvalue weighted by atomic mass is 32.1. The molecule has 3 heterocycles. The third-order valence-electron chi connectivity index (χ3n) is 6.45. The Balaban J connectivity index is 1.46. The molecule has 0 atom stereocenters. The lowest BCUT2D eigenvalue weighted by atomic mass is 10.0. The van der Waals surface area contributed by atoms with E-state index in [1.165, 1.54) is 53.9 Å². The smallest absolute Gasteiger partial charge is 0.103 e. The number of nitrogens with zero attached hydrogens (tertiary/aromatic N) is 3. The second kappa shape index (κ2) is 9.35. The van der Waals surface area contributed by atoms with E-state index in [2.05, 4.69) is 83.0 Å². The van der Waals surface area contributed by atoms with E-state index in [0.717, 1.165) is 34.4 Å². The van der Waals surface area contributed by atoms with Crippen LogP contribution in [0.15, 0.2) is 54.0 Å².